The number of likely N-dealkylation sites (tertiary alicyclic amines) is 1. The number of fused-ring (bicyclic) bond motifs is 2. The van der Waals surface area contributed by atoms with Crippen LogP contribution in [0.25, 0.3) is 0 Å². The number of rotatable bonds is 2. The molecule has 1 aromatic heterocycles. The zero-order valence-corrected chi connectivity index (χ0v) is 14.9. The second-order valence-electron chi connectivity index (χ2n) is 7.67. The fraction of sp³-hybridized carbons (Fsp3) is 0.333. The van der Waals surface area contributed by atoms with E-state index < -0.39 is 22.8 Å². The molecule has 2 fully saturated rings. The summed E-state index contributed by atoms with van der Waals surface area (Å²) < 4.78 is 20.2. The first-order valence-electron chi connectivity index (χ1n) is 9.16. The molecule has 140 valence electrons. The third kappa shape index (κ3) is 2.21. The average Bonchev–Trinajstić information content (AvgIpc) is 3.33. The summed E-state index contributed by atoms with van der Waals surface area (Å²) in [7, 11) is 0. The minimum atomic E-state index is -0.882. The van der Waals surface area contributed by atoms with Crippen LogP contribution in [-0.2, 0) is 20.5 Å². The summed E-state index contributed by atoms with van der Waals surface area (Å²) in [5.74, 6) is -1.09. The Morgan fingerprint density at radius 1 is 1.25 bits per heavy atom. The van der Waals surface area contributed by atoms with Crippen LogP contribution in [0, 0.1) is 17.1 Å². The van der Waals surface area contributed by atoms with Crippen LogP contribution in [-0.4, -0.2) is 34.8 Å². The molecule has 1 unspecified atom stereocenters. The summed E-state index contributed by atoms with van der Waals surface area (Å²) in [6.07, 6.45) is 4.75. The van der Waals surface area contributed by atoms with Crippen molar-refractivity contribution in [3.63, 3.8) is 0 Å². The minimum absolute atomic E-state index is 0.147. The second-order valence-corrected chi connectivity index (χ2v) is 7.67. The van der Waals surface area contributed by atoms with E-state index in [0.29, 0.717) is 36.9 Å². The first-order chi connectivity index (χ1) is 13.5. The number of hydrogen-bond acceptors (Lipinski definition) is 5. The van der Waals surface area contributed by atoms with Gasteiger partial charge in [-0.1, -0.05) is 6.07 Å². The number of halogens is 1. The molecule has 1 amide bonds. The molecule has 1 aromatic carbocycles. The van der Waals surface area contributed by atoms with Crippen LogP contribution in [0.3, 0.4) is 0 Å². The van der Waals surface area contributed by atoms with Crippen molar-refractivity contribution in [3.05, 3.63) is 64.7 Å². The lowest BCUT2D eigenvalue weighted by Crippen LogP contribution is -2.40. The van der Waals surface area contributed by atoms with Crippen molar-refractivity contribution in [1.82, 2.24) is 9.88 Å². The highest BCUT2D eigenvalue weighted by molar-refractivity contribution is 5.95. The van der Waals surface area contributed by atoms with E-state index in [1.54, 1.807) is 29.3 Å². The lowest BCUT2D eigenvalue weighted by molar-refractivity contribution is -0.134. The van der Waals surface area contributed by atoms with Gasteiger partial charge in [-0.25, -0.2) is 9.18 Å². The van der Waals surface area contributed by atoms with Crippen molar-refractivity contribution >= 4 is 11.9 Å². The standard InChI is InChI=1S/C21H16FN3O3/c22-17-9-13(10-23)1-2-16(17)20(4-5-20)19(27)25-8-6-21(12-25)15-3-7-24-11-14(15)18(26)28-21/h1-3,7,9,11H,4-6,8,12H2. The Kier molecular flexibility index (Phi) is 3.38. The molecule has 0 bridgehead atoms. The van der Waals surface area contributed by atoms with E-state index in [0.717, 1.165) is 5.56 Å². The van der Waals surface area contributed by atoms with Gasteiger partial charge in [0.2, 0.25) is 5.91 Å². The van der Waals surface area contributed by atoms with Crippen molar-refractivity contribution < 1.29 is 18.7 Å². The van der Waals surface area contributed by atoms with Crippen LogP contribution in [0.2, 0.25) is 0 Å². The molecule has 5 rings (SSSR count). The Morgan fingerprint density at radius 3 is 2.79 bits per heavy atom. The number of carbonyl (C=O) groups excluding carboxylic acids is 2. The smallest absolute Gasteiger partial charge is 0.341 e. The molecular weight excluding hydrogens is 361 g/mol. The van der Waals surface area contributed by atoms with E-state index in [1.807, 2.05) is 6.07 Å². The van der Waals surface area contributed by atoms with E-state index in [9.17, 15) is 14.0 Å². The molecule has 28 heavy (non-hydrogen) atoms. The van der Waals surface area contributed by atoms with Crippen LogP contribution in [0.1, 0.15) is 46.3 Å². The first-order valence-corrected chi connectivity index (χ1v) is 9.16. The number of pyridine rings is 1. The van der Waals surface area contributed by atoms with E-state index in [4.69, 9.17) is 10.00 Å². The number of benzene rings is 1. The number of amides is 1. The molecule has 2 aromatic rings. The fourth-order valence-electron chi connectivity index (χ4n) is 4.50. The van der Waals surface area contributed by atoms with Gasteiger partial charge in [-0.15, -0.1) is 0 Å². The van der Waals surface area contributed by atoms with Crippen molar-refractivity contribution in [2.24, 2.45) is 0 Å². The quantitative estimate of drug-likeness (QED) is 0.751. The molecule has 1 aliphatic carbocycles. The normalized spacial score (nSPS) is 24.0. The third-order valence-corrected chi connectivity index (χ3v) is 6.11. The van der Waals surface area contributed by atoms with Gasteiger partial charge in [-0.05, 0) is 31.0 Å². The maximum atomic E-state index is 14.6. The number of carbonyl (C=O) groups is 2. The molecular formula is C21H16FN3O3. The summed E-state index contributed by atoms with van der Waals surface area (Å²) in [5.41, 5.74) is 0.0452. The number of ether oxygens (including phenoxy) is 1. The van der Waals surface area contributed by atoms with Crippen LogP contribution in [0.4, 0.5) is 4.39 Å². The first kappa shape index (κ1) is 16.9. The average molecular weight is 377 g/mol. The lowest BCUT2D eigenvalue weighted by Gasteiger charge is -2.27. The van der Waals surface area contributed by atoms with E-state index in [2.05, 4.69) is 4.98 Å². The minimum Gasteiger partial charge on any atom is -0.449 e. The van der Waals surface area contributed by atoms with E-state index in [1.165, 1.54) is 12.3 Å². The van der Waals surface area contributed by atoms with Crippen LogP contribution in [0.5, 0.6) is 0 Å². The van der Waals surface area contributed by atoms with Crippen LogP contribution in [0.15, 0.2) is 36.7 Å². The largest absolute Gasteiger partial charge is 0.449 e. The molecule has 2 aliphatic heterocycles. The number of aromatic nitrogens is 1. The number of esters is 1. The van der Waals surface area contributed by atoms with E-state index in [-0.39, 0.29) is 18.0 Å². The zero-order chi connectivity index (χ0) is 19.5. The molecule has 7 heteroatoms. The van der Waals surface area contributed by atoms with Crippen molar-refractivity contribution in [2.45, 2.75) is 30.3 Å². The molecule has 0 radical (unpaired) electrons. The molecule has 3 aliphatic rings. The van der Waals surface area contributed by atoms with Crippen molar-refractivity contribution in [2.75, 3.05) is 13.1 Å². The van der Waals surface area contributed by atoms with Crippen molar-refractivity contribution in [3.8, 4) is 6.07 Å². The van der Waals surface area contributed by atoms with Gasteiger partial charge in [-0.3, -0.25) is 9.78 Å². The van der Waals surface area contributed by atoms with Crippen LogP contribution < -0.4 is 0 Å². The monoisotopic (exact) mass is 377 g/mol. The van der Waals surface area contributed by atoms with E-state index >= 15 is 0 Å². The van der Waals surface area contributed by atoms with Gasteiger partial charge in [0.25, 0.3) is 0 Å². The SMILES string of the molecule is N#Cc1ccc(C2(C(=O)N3CCC4(C3)OC(=O)c3cnccc34)CC2)c(F)c1. The Bertz CT molecular complexity index is 1070. The fourth-order valence-corrected chi connectivity index (χ4v) is 4.50. The highest BCUT2D eigenvalue weighted by atomic mass is 19.1. The van der Waals surface area contributed by atoms with Gasteiger partial charge in [0, 0.05) is 36.5 Å². The molecule has 1 atom stereocenters. The molecule has 1 saturated heterocycles. The Balaban J connectivity index is 1.44. The highest BCUT2D eigenvalue weighted by Gasteiger charge is 2.58. The molecule has 3 heterocycles. The van der Waals surface area contributed by atoms with Gasteiger partial charge in [-0.2, -0.15) is 5.26 Å². The lowest BCUT2D eigenvalue weighted by atomic mass is 9.91. The Labute approximate surface area is 160 Å². The number of nitriles is 1. The second kappa shape index (κ2) is 5.61. The van der Waals surface area contributed by atoms with Crippen molar-refractivity contribution in [1.29, 1.82) is 5.26 Å². The van der Waals surface area contributed by atoms with Gasteiger partial charge in [0.1, 0.15) is 5.82 Å². The zero-order valence-electron chi connectivity index (χ0n) is 14.9. The molecule has 1 saturated carbocycles. The summed E-state index contributed by atoms with van der Waals surface area (Å²) in [5, 5.41) is 8.93. The van der Waals surface area contributed by atoms with Gasteiger partial charge >= 0.3 is 5.97 Å². The predicted octanol–water partition coefficient (Wildman–Crippen LogP) is 2.42. The summed E-state index contributed by atoms with van der Waals surface area (Å²) in [4.78, 5) is 31.2. The highest BCUT2D eigenvalue weighted by Crippen LogP contribution is 2.52. The topological polar surface area (TPSA) is 83.3 Å². The maximum absolute atomic E-state index is 14.6. The predicted molar refractivity (Wildman–Crippen MR) is 94.6 cm³/mol. The number of hydrogen-bond donors (Lipinski definition) is 0. The summed E-state index contributed by atoms with van der Waals surface area (Å²) >= 11 is 0. The number of nitrogens with zero attached hydrogens (tertiary/aromatic N) is 3. The summed E-state index contributed by atoms with van der Waals surface area (Å²) in [6, 6.07) is 7.93. The Morgan fingerprint density at radius 2 is 2.07 bits per heavy atom. The molecule has 1 spiro atoms. The molecule has 0 N–H and O–H groups in total. The summed E-state index contributed by atoms with van der Waals surface area (Å²) in [6.45, 7) is 0.696. The Hall–Kier alpha value is -3.27. The maximum Gasteiger partial charge on any atom is 0.341 e. The molecule has 6 nitrogen and oxygen atoms in total. The van der Waals surface area contributed by atoms with Gasteiger partial charge in [0.15, 0.2) is 5.60 Å². The van der Waals surface area contributed by atoms with Gasteiger partial charge in [0.05, 0.1) is 29.2 Å². The third-order valence-electron chi connectivity index (χ3n) is 6.11. The van der Waals surface area contributed by atoms with Gasteiger partial charge < -0.3 is 9.64 Å². The van der Waals surface area contributed by atoms with Crippen LogP contribution >= 0.6 is 0 Å².